The molecule has 5 heteroatoms. The lowest BCUT2D eigenvalue weighted by Gasteiger charge is -2.13. The Labute approximate surface area is 94.8 Å². The first-order chi connectivity index (χ1) is 6.31. The molecule has 1 fully saturated rings. The molecule has 0 aromatic carbocycles. The number of hydrogen-bond donors (Lipinski definition) is 1. The second-order valence-corrected chi connectivity index (χ2v) is 6.03. The highest BCUT2D eigenvalue weighted by molar-refractivity contribution is 14.1. The lowest BCUT2D eigenvalue weighted by Crippen LogP contribution is -2.17. The van der Waals surface area contributed by atoms with Gasteiger partial charge in [-0.2, -0.15) is 0 Å². The van der Waals surface area contributed by atoms with Crippen molar-refractivity contribution in [1.82, 2.24) is 4.98 Å². The van der Waals surface area contributed by atoms with Crippen molar-refractivity contribution in [2.75, 3.05) is 13.2 Å². The monoisotopic (exact) mass is 310 g/mol. The Hall–Kier alpha value is 0.280. The van der Waals surface area contributed by atoms with Crippen molar-refractivity contribution in [3.05, 3.63) is 14.1 Å². The lowest BCUT2D eigenvalue weighted by atomic mass is 10.0. The number of nitrogens with two attached hydrogens (primary N) is 1. The Bertz CT molecular complexity index is 291. The van der Waals surface area contributed by atoms with Crippen LogP contribution in [0, 0.1) is 8.80 Å². The van der Waals surface area contributed by atoms with Crippen molar-refractivity contribution in [3.8, 4) is 0 Å². The lowest BCUT2D eigenvalue weighted by molar-refractivity contribution is 0.0922. The molecular formula is C8H11IN2OS. The summed E-state index contributed by atoms with van der Waals surface area (Å²) < 4.78 is 6.83. The molecule has 1 aliphatic rings. The van der Waals surface area contributed by atoms with E-state index in [-0.39, 0.29) is 6.10 Å². The first-order valence-electron chi connectivity index (χ1n) is 4.24. The zero-order valence-electron chi connectivity index (χ0n) is 7.07. The van der Waals surface area contributed by atoms with E-state index in [9.17, 15) is 0 Å². The summed E-state index contributed by atoms with van der Waals surface area (Å²) in [4.78, 5) is 4.33. The summed E-state index contributed by atoms with van der Waals surface area (Å²) in [6, 6.07) is 0. The summed E-state index contributed by atoms with van der Waals surface area (Å²) in [7, 11) is 0. The van der Waals surface area contributed by atoms with E-state index in [1.807, 2.05) is 6.20 Å². The predicted octanol–water partition coefficient (Wildman–Crippen LogP) is 1.78. The van der Waals surface area contributed by atoms with Gasteiger partial charge < -0.3 is 10.5 Å². The molecule has 0 bridgehead atoms. The summed E-state index contributed by atoms with van der Waals surface area (Å²) >= 11 is 3.97. The van der Waals surface area contributed by atoms with Crippen molar-refractivity contribution in [1.29, 1.82) is 0 Å². The van der Waals surface area contributed by atoms with Gasteiger partial charge in [0.15, 0.2) is 0 Å². The van der Waals surface area contributed by atoms with E-state index in [1.165, 1.54) is 2.88 Å². The average Bonchev–Trinajstić information content (AvgIpc) is 2.71. The summed E-state index contributed by atoms with van der Waals surface area (Å²) in [6.07, 6.45) is 3.10. The fourth-order valence-corrected chi connectivity index (χ4v) is 3.15. The van der Waals surface area contributed by atoms with Crippen LogP contribution in [-0.2, 0) is 4.74 Å². The number of aromatic nitrogens is 1. The first-order valence-corrected chi connectivity index (χ1v) is 6.13. The van der Waals surface area contributed by atoms with Gasteiger partial charge in [0.2, 0.25) is 0 Å². The summed E-state index contributed by atoms with van der Waals surface area (Å²) in [6.45, 7) is 1.52. The summed E-state index contributed by atoms with van der Waals surface area (Å²) in [5.41, 5.74) is 5.66. The molecule has 1 saturated heterocycles. The van der Waals surface area contributed by atoms with E-state index >= 15 is 0 Å². The van der Waals surface area contributed by atoms with Crippen LogP contribution in [0.2, 0.25) is 0 Å². The van der Waals surface area contributed by atoms with Crippen molar-refractivity contribution in [2.24, 2.45) is 11.7 Å². The van der Waals surface area contributed by atoms with Gasteiger partial charge in [-0.3, -0.25) is 0 Å². The molecule has 1 aromatic rings. The molecule has 0 spiro atoms. The maximum Gasteiger partial charge on any atom is 0.123 e. The Balaban J connectivity index is 2.15. The highest BCUT2D eigenvalue weighted by Crippen LogP contribution is 2.35. The Morgan fingerprint density at radius 3 is 3.23 bits per heavy atom. The molecule has 2 atom stereocenters. The van der Waals surface area contributed by atoms with Gasteiger partial charge in [-0.25, -0.2) is 4.98 Å². The highest BCUT2D eigenvalue weighted by Gasteiger charge is 2.30. The molecule has 13 heavy (non-hydrogen) atoms. The van der Waals surface area contributed by atoms with Gasteiger partial charge in [-0.05, 0) is 35.6 Å². The smallest absolute Gasteiger partial charge is 0.123 e. The molecule has 72 valence electrons. The van der Waals surface area contributed by atoms with Crippen LogP contribution in [-0.4, -0.2) is 18.1 Å². The average molecular weight is 310 g/mol. The summed E-state index contributed by atoms with van der Waals surface area (Å²) in [5, 5.41) is 1.08. The van der Waals surface area contributed by atoms with Crippen molar-refractivity contribution >= 4 is 33.9 Å². The molecule has 0 radical (unpaired) electrons. The van der Waals surface area contributed by atoms with E-state index in [0.717, 1.165) is 18.0 Å². The first kappa shape index (κ1) is 9.82. The Kier molecular flexibility index (Phi) is 3.18. The van der Waals surface area contributed by atoms with E-state index in [4.69, 9.17) is 10.5 Å². The molecule has 3 nitrogen and oxygen atoms in total. The molecule has 2 heterocycles. The van der Waals surface area contributed by atoms with E-state index in [2.05, 4.69) is 27.6 Å². The number of ether oxygens (including phenoxy) is 1. The topological polar surface area (TPSA) is 48.1 Å². The minimum atomic E-state index is 0.151. The van der Waals surface area contributed by atoms with Crippen LogP contribution in [0.5, 0.6) is 0 Å². The van der Waals surface area contributed by atoms with Gasteiger partial charge >= 0.3 is 0 Å². The van der Waals surface area contributed by atoms with Crippen molar-refractivity contribution in [2.45, 2.75) is 12.5 Å². The standard InChI is InChI=1S/C8H11IN2OS/c9-6-4-11-8(13-6)7-5(3-10)1-2-12-7/h4-5,7H,1-3,10H2. The third-order valence-electron chi connectivity index (χ3n) is 2.26. The second-order valence-electron chi connectivity index (χ2n) is 3.08. The van der Waals surface area contributed by atoms with E-state index in [1.54, 1.807) is 11.3 Å². The minimum absolute atomic E-state index is 0.151. The maximum absolute atomic E-state index is 5.66. The SMILES string of the molecule is NCC1CCOC1c1ncc(I)s1. The molecule has 2 rings (SSSR count). The van der Waals surface area contributed by atoms with Crippen LogP contribution in [0.25, 0.3) is 0 Å². The molecule has 1 aliphatic heterocycles. The minimum Gasteiger partial charge on any atom is -0.371 e. The second kappa shape index (κ2) is 4.20. The van der Waals surface area contributed by atoms with Gasteiger partial charge in [0, 0.05) is 12.5 Å². The van der Waals surface area contributed by atoms with Crippen LogP contribution in [0.3, 0.4) is 0 Å². The molecule has 0 amide bonds. The highest BCUT2D eigenvalue weighted by atomic mass is 127. The third-order valence-corrected chi connectivity index (χ3v) is 4.04. The Morgan fingerprint density at radius 1 is 1.77 bits per heavy atom. The largest absolute Gasteiger partial charge is 0.371 e. The van der Waals surface area contributed by atoms with Gasteiger partial charge in [-0.15, -0.1) is 11.3 Å². The normalized spacial score (nSPS) is 28.2. The van der Waals surface area contributed by atoms with E-state index < -0.39 is 0 Å². The predicted molar refractivity (Wildman–Crippen MR) is 60.7 cm³/mol. The van der Waals surface area contributed by atoms with Gasteiger partial charge in [0.1, 0.15) is 11.1 Å². The third kappa shape index (κ3) is 2.03. The fraction of sp³-hybridized carbons (Fsp3) is 0.625. The van der Waals surface area contributed by atoms with Crippen LogP contribution in [0.15, 0.2) is 6.20 Å². The number of hydrogen-bond acceptors (Lipinski definition) is 4. The Morgan fingerprint density at radius 2 is 2.62 bits per heavy atom. The number of nitrogens with zero attached hydrogens (tertiary/aromatic N) is 1. The zero-order chi connectivity index (χ0) is 9.26. The van der Waals surface area contributed by atoms with Gasteiger partial charge in [0.05, 0.1) is 9.08 Å². The quantitative estimate of drug-likeness (QED) is 0.847. The van der Waals surface area contributed by atoms with Crippen molar-refractivity contribution in [3.63, 3.8) is 0 Å². The van der Waals surface area contributed by atoms with Crippen LogP contribution < -0.4 is 5.73 Å². The number of halogens is 1. The maximum atomic E-state index is 5.66. The molecular weight excluding hydrogens is 299 g/mol. The molecule has 1 aromatic heterocycles. The van der Waals surface area contributed by atoms with E-state index in [0.29, 0.717) is 12.5 Å². The fourth-order valence-electron chi connectivity index (χ4n) is 1.55. The summed E-state index contributed by atoms with van der Waals surface area (Å²) in [5.74, 6) is 0.460. The van der Waals surface area contributed by atoms with Crippen LogP contribution in [0.1, 0.15) is 17.5 Å². The van der Waals surface area contributed by atoms with Crippen molar-refractivity contribution < 1.29 is 4.74 Å². The van der Waals surface area contributed by atoms with Crippen LogP contribution in [0.4, 0.5) is 0 Å². The molecule has 0 aliphatic carbocycles. The molecule has 2 N–H and O–H groups in total. The number of rotatable bonds is 2. The van der Waals surface area contributed by atoms with Gasteiger partial charge in [-0.1, -0.05) is 0 Å². The van der Waals surface area contributed by atoms with Crippen LogP contribution >= 0.6 is 33.9 Å². The van der Waals surface area contributed by atoms with Gasteiger partial charge in [0.25, 0.3) is 0 Å². The zero-order valence-corrected chi connectivity index (χ0v) is 10.0. The number of thiazole rings is 1. The molecule has 0 saturated carbocycles. The molecule has 2 unspecified atom stereocenters.